The molecule has 0 radical (unpaired) electrons. The molecule has 0 aliphatic carbocycles. The number of aryl methyl sites for hydroxylation is 1. The second-order valence-electron chi connectivity index (χ2n) is 6.97. The van der Waals surface area contributed by atoms with Crippen molar-refractivity contribution < 1.29 is 9.21 Å². The molecule has 2 heterocycles. The summed E-state index contributed by atoms with van der Waals surface area (Å²) in [5, 5.41) is 0. The molecule has 6 nitrogen and oxygen atoms in total. The Kier molecular flexibility index (Phi) is 5.24. The number of nitrogens with two attached hydrogens (primary N) is 1. The number of hydrogen-bond acceptors (Lipinski definition) is 5. The predicted octanol–water partition coefficient (Wildman–Crippen LogP) is 0.926. The molecule has 0 spiro atoms. The van der Waals surface area contributed by atoms with Crippen LogP contribution >= 0.6 is 0 Å². The lowest BCUT2D eigenvalue weighted by molar-refractivity contribution is -0.132. The highest BCUT2D eigenvalue weighted by molar-refractivity contribution is 5.78. The highest BCUT2D eigenvalue weighted by Gasteiger charge is 2.26. The van der Waals surface area contributed by atoms with E-state index in [1.165, 1.54) is 0 Å². The number of aromatic nitrogens is 1. The van der Waals surface area contributed by atoms with E-state index < -0.39 is 0 Å². The average Bonchev–Trinajstić information content (AvgIpc) is 2.81. The minimum absolute atomic E-state index is 0.118. The highest BCUT2D eigenvalue weighted by Crippen LogP contribution is 2.24. The summed E-state index contributed by atoms with van der Waals surface area (Å²) in [4.78, 5) is 21.1. The van der Waals surface area contributed by atoms with Gasteiger partial charge in [0.15, 0.2) is 5.89 Å². The molecule has 0 atom stereocenters. The number of nitrogens with zero attached hydrogens (tertiary/aromatic N) is 3. The van der Waals surface area contributed by atoms with Crippen LogP contribution in [0.1, 0.15) is 38.1 Å². The van der Waals surface area contributed by atoms with Gasteiger partial charge in [0.05, 0.1) is 12.1 Å². The van der Waals surface area contributed by atoms with Crippen molar-refractivity contribution in [1.82, 2.24) is 14.8 Å². The molecule has 1 amide bonds. The third-order valence-electron chi connectivity index (χ3n) is 4.02. The SMILES string of the molecule is Cc1nc(C(C)(C)C)oc1CC(=O)N1CCN(CCN)CC1. The molecule has 0 bridgehead atoms. The molecule has 0 aromatic carbocycles. The van der Waals surface area contributed by atoms with Gasteiger partial charge in [0.25, 0.3) is 0 Å². The summed E-state index contributed by atoms with van der Waals surface area (Å²) in [7, 11) is 0. The van der Waals surface area contributed by atoms with E-state index in [1.54, 1.807) is 0 Å². The lowest BCUT2D eigenvalue weighted by atomic mass is 9.97. The van der Waals surface area contributed by atoms with Gasteiger partial charge in [-0.15, -0.1) is 0 Å². The normalized spacial score (nSPS) is 17.0. The van der Waals surface area contributed by atoms with Crippen LogP contribution in [-0.2, 0) is 16.6 Å². The van der Waals surface area contributed by atoms with Crippen molar-refractivity contribution in [2.24, 2.45) is 5.73 Å². The first-order valence-electron chi connectivity index (χ1n) is 7.98. The van der Waals surface area contributed by atoms with Crippen molar-refractivity contribution >= 4 is 5.91 Å². The topological polar surface area (TPSA) is 75.6 Å². The van der Waals surface area contributed by atoms with Gasteiger partial charge < -0.3 is 15.1 Å². The summed E-state index contributed by atoms with van der Waals surface area (Å²) in [6, 6.07) is 0. The Hall–Kier alpha value is -1.40. The van der Waals surface area contributed by atoms with Gasteiger partial charge in [0.1, 0.15) is 5.76 Å². The van der Waals surface area contributed by atoms with Crippen LogP contribution in [0.5, 0.6) is 0 Å². The molecule has 22 heavy (non-hydrogen) atoms. The maximum absolute atomic E-state index is 12.4. The van der Waals surface area contributed by atoms with Crippen LogP contribution in [0.2, 0.25) is 0 Å². The summed E-state index contributed by atoms with van der Waals surface area (Å²) in [5.74, 6) is 1.51. The van der Waals surface area contributed by atoms with Crippen molar-refractivity contribution in [2.45, 2.75) is 39.5 Å². The maximum atomic E-state index is 12.4. The zero-order valence-electron chi connectivity index (χ0n) is 14.2. The zero-order chi connectivity index (χ0) is 16.3. The number of carbonyl (C=O) groups is 1. The Morgan fingerprint density at radius 3 is 2.41 bits per heavy atom. The largest absolute Gasteiger partial charge is 0.444 e. The van der Waals surface area contributed by atoms with E-state index in [9.17, 15) is 4.79 Å². The van der Waals surface area contributed by atoms with Crippen LogP contribution in [0.25, 0.3) is 0 Å². The maximum Gasteiger partial charge on any atom is 0.230 e. The first kappa shape index (κ1) is 17.0. The first-order chi connectivity index (χ1) is 10.3. The molecule has 2 N–H and O–H groups in total. The van der Waals surface area contributed by atoms with Crippen molar-refractivity contribution in [3.63, 3.8) is 0 Å². The number of amides is 1. The molecule has 1 fully saturated rings. The van der Waals surface area contributed by atoms with Crippen molar-refractivity contribution in [2.75, 3.05) is 39.3 Å². The van der Waals surface area contributed by atoms with Gasteiger partial charge in [0.2, 0.25) is 5.91 Å². The highest BCUT2D eigenvalue weighted by atomic mass is 16.4. The van der Waals surface area contributed by atoms with Gasteiger partial charge in [-0.25, -0.2) is 4.98 Å². The molecule has 1 aliphatic heterocycles. The molecular weight excluding hydrogens is 280 g/mol. The van der Waals surface area contributed by atoms with Crippen LogP contribution in [0.3, 0.4) is 0 Å². The van der Waals surface area contributed by atoms with Crippen molar-refractivity contribution in [3.8, 4) is 0 Å². The fourth-order valence-corrected chi connectivity index (χ4v) is 2.57. The minimum Gasteiger partial charge on any atom is -0.444 e. The number of piperazine rings is 1. The molecule has 0 unspecified atom stereocenters. The molecule has 2 rings (SSSR count). The molecule has 1 saturated heterocycles. The third-order valence-corrected chi connectivity index (χ3v) is 4.02. The van der Waals surface area contributed by atoms with Crippen LogP contribution in [0.4, 0.5) is 0 Å². The summed E-state index contributed by atoms with van der Waals surface area (Å²) in [6.45, 7) is 13.0. The monoisotopic (exact) mass is 308 g/mol. The van der Waals surface area contributed by atoms with Crippen LogP contribution in [0.15, 0.2) is 4.42 Å². The summed E-state index contributed by atoms with van der Waals surface area (Å²) in [6.07, 6.45) is 0.297. The van der Waals surface area contributed by atoms with Crippen molar-refractivity contribution in [1.29, 1.82) is 0 Å². The zero-order valence-corrected chi connectivity index (χ0v) is 14.2. The van der Waals surface area contributed by atoms with Gasteiger partial charge in [0, 0.05) is 44.7 Å². The standard InChI is InChI=1S/C16H28N4O2/c1-12-13(22-15(18-12)16(2,3)4)11-14(21)20-9-7-19(6-5-17)8-10-20/h5-11,17H2,1-4H3. The Balaban J connectivity index is 1.94. The quantitative estimate of drug-likeness (QED) is 0.895. The Labute approximate surface area is 132 Å². The molecule has 1 aliphatic rings. The van der Waals surface area contributed by atoms with E-state index in [2.05, 4.69) is 30.7 Å². The van der Waals surface area contributed by atoms with E-state index in [1.807, 2.05) is 11.8 Å². The van der Waals surface area contributed by atoms with E-state index in [0.29, 0.717) is 24.6 Å². The van der Waals surface area contributed by atoms with Gasteiger partial charge in [-0.3, -0.25) is 9.69 Å². The summed E-state index contributed by atoms with van der Waals surface area (Å²) in [5.41, 5.74) is 6.25. The third kappa shape index (κ3) is 4.08. The van der Waals surface area contributed by atoms with Gasteiger partial charge in [-0.1, -0.05) is 20.8 Å². The number of carbonyl (C=O) groups excluding carboxylic acids is 1. The second kappa shape index (κ2) is 6.79. The van der Waals surface area contributed by atoms with Gasteiger partial charge in [-0.2, -0.15) is 0 Å². The number of rotatable bonds is 4. The summed E-state index contributed by atoms with van der Waals surface area (Å²) >= 11 is 0. The van der Waals surface area contributed by atoms with E-state index in [4.69, 9.17) is 10.2 Å². The molecule has 124 valence electrons. The van der Waals surface area contributed by atoms with Crippen molar-refractivity contribution in [3.05, 3.63) is 17.3 Å². The molecular formula is C16H28N4O2. The second-order valence-corrected chi connectivity index (χ2v) is 6.97. The number of hydrogen-bond donors (Lipinski definition) is 1. The molecule has 1 aromatic heterocycles. The first-order valence-corrected chi connectivity index (χ1v) is 7.98. The fraction of sp³-hybridized carbons (Fsp3) is 0.750. The minimum atomic E-state index is -0.139. The lowest BCUT2D eigenvalue weighted by Crippen LogP contribution is -2.50. The molecule has 1 aromatic rings. The van der Waals surface area contributed by atoms with E-state index >= 15 is 0 Å². The van der Waals surface area contributed by atoms with Crippen LogP contribution in [-0.4, -0.2) is 60.0 Å². The van der Waals surface area contributed by atoms with Crippen LogP contribution < -0.4 is 5.73 Å². The smallest absolute Gasteiger partial charge is 0.230 e. The van der Waals surface area contributed by atoms with E-state index in [0.717, 1.165) is 38.4 Å². The Morgan fingerprint density at radius 1 is 1.27 bits per heavy atom. The molecule has 0 saturated carbocycles. The van der Waals surface area contributed by atoms with E-state index in [-0.39, 0.29) is 11.3 Å². The Morgan fingerprint density at radius 2 is 1.91 bits per heavy atom. The predicted molar refractivity (Wildman–Crippen MR) is 85.7 cm³/mol. The Bertz CT molecular complexity index is 511. The number of oxazole rings is 1. The lowest BCUT2D eigenvalue weighted by Gasteiger charge is -2.34. The summed E-state index contributed by atoms with van der Waals surface area (Å²) < 4.78 is 5.81. The fourth-order valence-electron chi connectivity index (χ4n) is 2.57. The molecule has 6 heteroatoms. The average molecular weight is 308 g/mol. The van der Waals surface area contributed by atoms with Crippen LogP contribution in [0, 0.1) is 6.92 Å². The van der Waals surface area contributed by atoms with Gasteiger partial charge in [-0.05, 0) is 6.92 Å². The van der Waals surface area contributed by atoms with Gasteiger partial charge >= 0.3 is 0 Å².